The second-order valence-corrected chi connectivity index (χ2v) is 6.03. The van der Waals surface area contributed by atoms with Crippen LogP contribution >= 0.6 is 0 Å². The Morgan fingerprint density at radius 3 is 1.52 bits per heavy atom. The molecular weight excluding hydrogens is 312 g/mol. The lowest BCUT2D eigenvalue weighted by Gasteiger charge is -2.20. The van der Waals surface area contributed by atoms with Gasteiger partial charge >= 0.3 is 0 Å². The first kappa shape index (κ1) is 16.9. The van der Waals surface area contributed by atoms with Gasteiger partial charge in [0, 0.05) is 5.92 Å². The molecule has 0 atom stereocenters. The first-order valence-corrected chi connectivity index (χ1v) is 8.20. The maximum Gasteiger partial charge on any atom is 0.118 e. The van der Waals surface area contributed by atoms with Gasteiger partial charge in [-0.25, -0.2) is 0 Å². The van der Waals surface area contributed by atoms with Crippen molar-refractivity contribution in [3.05, 3.63) is 89.0 Å². The predicted molar refractivity (Wildman–Crippen MR) is 99.8 cm³/mol. The Labute approximate surface area is 148 Å². The van der Waals surface area contributed by atoms with Crippen LogP contribution in [0.2, 0.25) is 0 Å². The molecule has 0 aromatic heterocycles. The van der Waals surface area contributed by atoms with Gasteiger partial charge in [-0.3, -0.25) is 0 Å². The number of ether oxygens (including phenoxy) is 2. The van der Waals surface area contributed by atoms with E-state index in [0.717, 1.165) is 33.8 Å². The van der Waals surface area contributed by atoms with Gasteiger partial charge < -0.3 is 14.6 Å². The van der Waals surface area contributed by atoms with Crippen molar-refractivity contribution in [1.82, 2.24) is 0 Å². The highest BCUT2D eigenvalue weighted by molar-refractivity contribution is 5.48. The summed E-state index contributed by atoms with van der Waals surface area (Å²) in [6.07, 6.45) is 0. The number of aryl methyl sites for hydroxylation is 1. The third kappa shape index (κ3) is 3.61. The minimum atomic E-state index is 0.0658. The fourth-order valence-electron chi connectivity index (χ4n) is 3.03. The maximum atomic E-state index is 9.87. The van der Waals surface area contributed by atoms with Crippen LogP contribution in [0.25, 0.3) is 0 Å². The molecule has 0 aliphatic rings. The van der Waals surface area contributed by atoms with Gasteiger partial charge in [0.25, 0.3) is 0 Å². The van der Waals surface area contributed by atoms with Crippen molar-refractivity contribution >= 4 is 0 Å². The molecule has 3 aromatic rings. The Bertz CT molecular complexity index is 789. The molecule has 0 saturated carbocycles. The molecule has 0 radical (unpaired) electrons. The molecule has 128 valence electrons. The van der Waals surface area contributed by atoms with Gasteiger partial charge in [0.2, 0.25) is 0 Å². The van der Waals surface area contributed by atoms with Crippen molar-refractivity contribution in [2.24, 2.45) is 0 Å². The summed E-state index contributed by atoms with van der Waals surface area (Å²) in [5.41, 5.74) is 4.32. The molecule has 0 heterocycles. The summed E-state index contributed by atoms with van der Waals surface area (Å²) in [7, 11) is 3.33. The Kier molecular flexibility index (Phi) is 4.94. The lowest BCUT2D eigenvalue weighted by Crippen LogP contribution is -2.04. The minimum Gasteiger partial charge on any atom is -0.508 e. The topological polar surface area (TPSA) is 38.7 Å². The van der Waals surface area contributed by atoms with Crippen LogP contribution in [-0.4, -0.2) is 19.3 Å². The van der Waals surface area contributed by atoms with E-state index in [1.807, 2.05) is 43.3 Å². The van der Waals surface area contributed by atoms with E-state index in [2.05, 4.69) is 24.3 Å². The quantitative estimate of drug-likeness (QED) is 0.675. The lowest BCUT2D eigenvalue weighted by molar-refractivity contribution is 0.414. The first-order chi connectivity index (χ1) is 12.1. The van der Waals surface area contributed by atoms with E-state index < -0.39 is 0 Å². The summed E-state index contributed by atoms with van der Waals surface area (Å²) in [6, 6.07) is 22.0. The highest BCUT2D eigenvalue weighted by atomic mass is 16.5. The van der Waals surface area contributed by atoms with Crippen molar-refractivity contribution in [1.29, 1.82) is 0 Å². The molecule has 0 aliphatic carbocycles. The number of rotatable bonds is 5. The summed E-state index contributed by atoms with van der Waals surface area (Å²) in [5, 5.41) is 9.87. The minimum absolute atomic E-state index is 0.0658. The SMILES string of the molecule is COc1ccc(C(c2ccc(OC)cc2)c2ccc(O)c(C)c2)cc1. The fraction of sp³-hybridized carbons (Fsp3) is 0.182. The summed E-state index contributed by atoms with van der Waals surface area (Å²) < 4.78 is 10.6. The van der Waals surface area contributed by atoms with Crippen molar-refractivity contribution in [3.8, 4) is 17.2 Å². The standard InChI is InChI=1S/C22H22O3/c1-15-14-18(8-13-21(15)23)22(16-4-9-19(24-2)10-5-16)17-6-11-20(25-3)12-7-17/h4-14,22-23H,1-3H3. The Morgan fingerprint density at radius 2 is 1.12 bits per heavy atom. The maximum absolute atomic E-state index is 9.87. The molecular formula is C22H22O3. The van der Waals surface area contributed by atoms with E-state index >= 15 is 0 Å². The fourth-order valence-corrected chi connectivity index (χ4v) is 3.03. The highest BCUT2D eigenvalue weighted by Gasteiger charge is 2.18. The number of phenolic OH excluding ortho intramolecular Hbond substituents is 1. The van der Waals surface area contributed by atoms with Gasteiger partial charge in [-0.05, 0) is 59.5 Å². The van der Waals surface area contributed by atoms with Crippen LogP contribution in [0.15, 0.2) is 66.7 Å². The highest BCUT2D eigenvalue weighted by Crippen LogP contribution is 2.35. The molecule has 3 rings (SSSR count). The van der Waals surface area contributed by atoms with E-state index in [1.54, 1.807) is 20.3 Å². The van der Waals surface area contributed by atoms with Crippen molar-refractivity contribution < 1.29 is 14.6 Å². The van der Waals surface area contributed by atoms with E-state index in [1.165, 1.54) is 0 Å². The molecule has 0 saturated heterocycles. The van der Waals surface area contributed by atoms with Crippen LogP contribution in [0.4, 0.5) is 0 Å². The van der Waals surface area contributed by atoms with E-state index in [4.69, 9.17) is 9.47 Å². The van der Waals surface area contributed by atoms with Gasteiger partial charge in [-0.15, -0.1) is 0 Å². The van der Waals surface area contributed by atoms with Crippen LogP contribution < -0.4 is 9.47 Å². The summed E-state index contributed by atoms with van der Waals surface area (Å²) >= 11 is 0. The zero-order valence-electron chi connectivity index (χ0n) is 14.7. The van der Waals surface area contributed by atoms with Crippen LogP contribution in [0, 0.1) is 6.92 Å². The molecule has 3 heteroatoms. The van der Waals surface area contributed by atoms with Crippen LogP contribution in [0.3, 0.4) is 0 Å². The van der Waals surface area contributed by atoms with Crippen LogP contribution in [0.5, 0.6) is 17.2 Å². The molecule has 3 aromatic carbocycles. The second kappa shape index (κ2) is 7.31. The Hall–Kier alpha value is -2.94. The third-order valence-electron chi connectivity index (χ3n) is 4.45. The van der Waals surface area contributed by atoms with E-state index in [0.29, 0.717) is 5.75 Å². The second-order valence-electron chi connectivity index (χ2n) is 6.03. The smallest absolute Gasteiger partial charge is 0.118 e. The zero-order valence-corrected chi connectivity index (χ0v) is 14.7. The van der Waals surface area contributed by atoms with Gasteiger partial charge in [-0.1, -0.05) is 36.4 Å². The molecule has 0 amide bonds. The van der Waals surface area contributed by atoms with Crippen molar-refractivity contribution in [2.45, 2.75) is 12.8 Å². The predicted octanol–water partition coefficient (Wildman–Crippen LogP) is 4.90. The van der Waals surface area contributed by atoms with Gasteiger partial charge in [0.1, 0.15) is 17.2 Å². The van der Waals surface area contributed by atoms with E-state index in [9.17, 15) is 5.11 Å². The number of hydrogen-bond acceptors (Lipinski definition) is 3. The number of methoxy groups -OCH3 is 2. The molecule has 0 spiro atoms. The van der Waals surface area contributed by atoms with Gasteiger partial charge in [-0.2, -0.15) is 0 Å². The molecule has 25 heavy (non-hydrogen) atoms. The lowest BCUT2D eigenvalue weighted by atomic mass is 9.84. The van der Waals surface area contributed by atoms with Crippen LogP contribution in [-0.2, 0) is 0 Å². The van der Waals surface area contributed by atoms with Crippen LogP contribution in [0.1, 0.15) is 28.2 Å². The molecule has 0 aliphatic heterocycles. The summed E-state index contributed by atoms with van der Waals surface area (Å²) in [5.74, 6) is 2.04. The first-order valence-electron chi connectivity index (χ1n) is 8.20. The molecule has 0 fully saturated rings. The number of hydrogen-bond donors (Lipinski definition) is 1. The molecule has 0 bridgehead atoms. The number of aromatic hydroxyl groups is 1. The zero-order chi connectivity index (χ0) is 17.8. The van der Waals surface area contributed by atoms with Gasteiger partial charge in [0.05, 0.1) is 14.2 Å². The normalized spacial score (nSPS) is 10.7. The number of benzene rings is 3. The largest absolute Gasteiger partial charge is 0.508 e. The number of phenols is 1. The molecule has 1 N–H and O–H groups in total. The van der Waals surface area contributed by atoms with E-state index in [-0.39, 0.29) is 5.92 Å². The molecule has 3 nitrogen and oxygen atoms in total. The van der Waals surface area contributed by atoms with Crippen molar-refractivity contribution in [2.75, 3.05) is 14.2 Å². The average Bonchev–Trinajstić information content (AvgIpc) is 2.66. The molecule has 0 unspecified atom stereocenters. The third-order valence-corrected chi connectivity index (χ3v) is 4.45. The summed E-state index contributed by atoms with van der Waals surface area (Å²) in [4.78, 5) is 0. The van der Waals surface area contributed by atoms with Crippen molar-refractivity contribution in [3.63, 3.8) is 0 Å². The Balaban J connectivity index is 2.10. The van der Waals surface area contributed by atoms with Gasteiger partial charge in [0.15, 0.2) is 0 Å². The Morgan fingerprint density at radius 1 is 0.680 bits per heavy atom. The average molecular weight is 334 g/mol. The summed E-state index contributed by atoms with van der Waals surface area (Å²) in [6.45, 7) is 1.91. The monoisotopic (exact) mass is 334 g/mol.